The number of likely N-dealkylation sites (tertiary alicyclic amines) is 1. The van der Waals surface area contributed by atoms with E-state index in [-0.39, 0.29) is 22.9 Å². The third kappa shape index (κ3) is 5.40. The number of amides is 1. The van der Waals surface area contributed by atoms with E-state index in [1.165, 1.54) is 55.5 Å². The van der Waals surface area contributed by atoms with Gasteiger partial charge in [0.15, 0.2) is 0 Å². The number of carbonyl (C=O) groups excluding carboxylic acids is 1. The Morgan fingerprint density at radius 1 is 1.21 bits per heavy atom. The lowest BCUT2D eigenvalue weighted by atomic mass is 9.87. The first-order chi connectivity index (χ1) is 16.3. The minimum Gasteiger partial charge on any atom is -0.508 e. The minimum absolute atomic E-state index is 0.0143. The second-order valence-electron chi connectivity index (χ2n) is 8.51. The quantitative estimate of drug-likeness (QED) is 0.457. The number of methoxy groups -OCH3 is 1. The van der Waals surface area contributed by atoms with Crippen LogP contribution in [0.25, 0.3) is 0 Å². The molecular weight excluding hydrogens is 454 g/mol. The van der Waals surface area contributed by atoms with Gasteiger partial charge in [0.1, 0.15) is 11.3 Å². The van der Waals surface area contributed by atoms with E-state index in [1.807, 2.05) is 6.07 Å². The monoisotopic (exact) mass is 481 g/mol. The Morgan fingerprint density at radius 2 is 1.97 bits per heavy atom. The summed E-state index contributed by atoms with van der Waals surface area (Å²) >= 11 is 6.10. The Hall–Kier alpha value is -3.36. The molecule has 178 valence electrons. The van der Waals surface area contributed by atoms with Crippen molar-refractivity contribution in [1.29, 1.82) is 0 Å². The number of nitrogens with one attached hydrogen (secondary N) is 2. The zero-order chi connectivity index (χ0) is 24.2. The van der Waals surface area contributed by atoms with Crippen LogP contribution in [-0.2, 0) is 0 Å². The molecule has 1 saturated heterocycles. The molecule has 0 spiro atoms. The van der Waals surface area contributed by atoms with Crippen LogP contribution in [0.4, 0.5) is 17.3 Å². The number of rotatable bonds is 6. The molecule has 1 fully saturated rings. The van der Waals surface area contributed by atoms with Crippen molar-refractivity contribution in [3.8, 4) is 11.6 Å². The van der Waals surface area contributed by atoms with Crippen LogP contribution in [0.5, 0.6) is 11.6 Å². The van der Waals surface area contributed by atoms with Gasteiger partial charge in [0.2, 0.25) is 11.8 Å². The lowest BCUT2D eigenvalue weighted by Crippen LogP contribution is -2.29. The van der Waals surface area contributed by atoms with E-state index >= 15 is 0 Å². The Labute approximate surface area is 203 Å². The van der Waals surface area contributed by atoms with Gasteiger partial charge in [0.05, 0.1) is 17.8 Å². The lowest BCUT2D eigenvalue weighted by molar-refractivity contribution is 0.102. The zero-order valence-corrected chi connectivity index (χ0v) is 20.2. The Balaban J connectivity index is 1.49. The van der Waals surface area contributed by atoms with Crippen molar-refractivity contribution in [2.24, 2.45) is 0 Å². The first kappa shape index (κ1) is 23.8. The van der Waals surface area contributed by atoms with E-state index in [4.69, 9.17) is 16.3 Å². The predicted octanol–water partition coefficient (Wildman–Crippen LogP) is 4.96. The summed E-state index contributed by atoms with van der Waals surface area (Å²) in [4.78, 5) is 23.7. The number of ether oxygens (including phenoxy) is 1. The van der Waals surface area contributed by atoms with E-state index in [1.54, 1.807) is 0 Å². The lowest BCUT2D eigenvalue weighted by Gasteiger charge is -2.30. The maximum absolute atomic E-state index is 12.7. The third-order valence-corrected chi connectivity index (χ3v) is 6.40. The maximum atomic E-state index is 12.7. The highest BCUT2D eigenvalue weighted by Gasteiger charge is 2.20. The summed E-state index contributed by atoms with van der Waals surface area (Å²) in [6, 6.07) is 10.6. The fraction of sp³-hybridized carbons (Fsp3) is 0.320. The molecule has 1 aliphatic heterocycles. The molecule has 0 atom stereocenters. The first-order valence-corrected chi connectivity index (χ1v) is 11.5. The Bertz CT molecular complexity index is 1200. The molecule has 1 aliphatic rings. The van der Waals surface area contributed by atoms with Crippen molar-refractivity contribution in [1.82, 2.24) is 14.9 Å². The van der Waals surface area contributed by atoms with E-state index in [0.29, 0.717) is 16.9 Å². The van der Waals surface area contributed by atoms with Crippen LogP contribution in [0, 0.1) is 6.92 Å². The minimum atomic E-state index is -0.505. The number of aryl methyl sites for hydroxylation is 1. The predicted molar refractivity (Wildman–Crippen MR) is 134 cm³/mol. The molecule has 0 bridgehead atoms. The van der Waals surface area contributed by atoms with Gasteiger partial charge < -0.3 is 25.4 Å². The number of hydrogen-bond donors (Lipinski definition) is 3. The van der Waals surface area contributed by atoms with Gasteiger partial charge in [-0.25, -0.2) is 4.98 Å². The number of halogens is 1. The van der Waals surface area contributed by atoms with Crippen LogP contribution in [0.3, 0.4) is 0 Å². The normalized spacial score (nSPS) is 14.6. The summed E-state index contributed by atoms with van der Waals surface area (Å²) in [6.45, 7) is 4.37. The Kier molecular flexibility index (Phi) is 7.19. The summed E-state index contributed by atoms with van der Waals surface area (Å²) in [5.41, 5.74) is 3.89. The second-order valence-corrected chi connectivity index (χ2v) is 8.92. The smallest absolute Gasteiger partial charge is 0.262 e. The molecule has 0 saturated carbocycles. The van der Waals surface area contributed by atoms with Crippen molar-refractivity contribution >= 4 is 34.8 Å². The standard InChI is InChI=1S/C25H28ClN5O3/c1-15-12-17(4-6-19(15)16-8-10-31(2)11-9-16)28-25-27-14-20(24(30-25)34-3)23(33)29-22-13-18(32)5-7-21(22)26/h4-7,12-14,16,32H,8-11H2,1-3H3,(H,29,33)(H,27,28,30). The number of nitrogens with zero attached hydrogens (tertiary/aromatic N) is 3. The number of carbonyl (C=O) groups is 1. The van der Waals surface area contributed by atoms with Crippen molar-refractivity contribution in [3.63, 3.8) is 0 Å². The topological polar surface area (TPSA) is 99.6 Å². The number of aromatic hydroxyl groups is 1. The third-order valence-electron chi connectivity index (χ3n) is 6.07. The molecule has 9 heteroatoms. The fourth-order valence-electron chi connectivity index (χ4n) is 4.20. The van der Waals surface area contributed by atoms with Gasteiger partial charge in [-0.1, -0.05) is 17.7 Å². The largest absolute Gasteiger partial charge is 0.508 e. The number of anilines is 3. The van der Waals surface area contributed by atoms with E-state index in [0.717, 1.165) is 18.8 Å². The van der Waals surface area contributed by atoms with E-state index in [9.17, 15) is 9.90 Å². The van der Waals surface area contributed by atoms with Crippen LogP contribution >= 0.6 is 11.6 Å². The molecule has 8 nitrogen and oxygen atoms in total. The summed E-state index contributed by atoms with van der Waals surface area (Å²) in [5.74, 6) is 0.495. The first-order valence-electron chi connectivity index (χ1n) is 11.1. The average molecular weight is 482 g/mol. The molecule has 4 rings (SSSR count). The van der Waals surface area contributed by atoms with Crippen LogP contribution in [0.15, 0.2) is 42.6 Å². The molecule has 1 aromatic heterocycles. The number of aromatic nitrogens is 2. The number of phenols is 1. The molecule has 0 aliphatic carbocycles. The molecule has 0 unspecified atom stereocenters. The van der Waals surface area contributed by atoms with E-state index < -0.39 is 5.91 Å². The molecule has 1 amide bonds. The number of benzene rings is 2. The van der Waals surface area contributed by atoms with Gasteiger partial charge in [-0.2, -0.15) is 4.98 Å². The average Bonchev–Trinajstić information content (AvgIpc) is 2.82. The van der Waals surface area contributed by atoms with Crippen molar-refractivity contribution < 1.29 is 14.6 Å². The summed E-state index contributed by atoms with van der Waals surface area (Å²) in [7, 11) is 3.60. The van der Waals surface area contributed by atoms with Gasteiger partial charge >= 0.3 is 0 Å². The summed E-state index contributed by atoms with van der Waals surface area (Å²) < 4.78 is 5.33. The summed E-state index contributed by atoms with van der Waals surface area (Å²) in [5, 5.41) is 15.8. The molecule has 3 aromatic rings. The summed E-state index contributed by atoms with van der Waals surface area (Å²) in [6.07, 6.45) is 3.73. The fourth-order valence-corrected chi connectivity index (χ4v) is 4.36. The van der Waals surface area contributed by atoms with Crippen LogP contribution in [0.2, 0.25) is 5.02 Å². The van der Waals surface area contributed by atoms with E-state index in [2.05, 4.69) is 51.6 Å². The van der Waals surface area contributed by atoms with Crippen LogP contribution in [-0.4, -0.2) is 53.1 Å². The SMILES string of the molecule is COc1nc(Nc2ccc(C3CCN(C)CC3)c(C)c2)ncc1C(=O)Nc1cc(O)ccc1Cl. The van der Waals surface area contributed by atoms with Crippen LogP contribution in [0.1, 0.15) is 40.2 Å². The van der Waals surface area contributed by atoms with Gasteiger partial charge in [0.25, 0.3) is 5.91 Å². The molecule has 2 aromatic carbocycles. The van der Waals surface area contributed by atoms with Gasteiger partial charge in [-0.3, -0.25) is 4.79 Å². The van der Waals surface area contributed by atoms with Crippen molar-refractivity contribution in [2.75, 3.05) is 37.9 Å². The van der Waals surface area contributed by atoms with Gasteiger partial charge in [-0.05, 0) is 81.2 Å². The van der Waals surface area contributed by atoms with Crippen molar-refractivity contribution in [2.45, 2.75) is 25.7 Å². The highest BCUT2D eigenvalue weighted by Crippen LogP contribution is 2.32. The number of phenolic OH excluding ortho intramolecular Hbond substituents is 1. The molecule has 2 heterocycles. The van der Waals surface area contributed by atoms with Crippen LogP contribution < -0.4 is 15.4 Å². The molecular formula is C25H28ClN5O3. The number of hydrogen-bond acceptors (Lipinski definition) is 7. The highest BCUT2D eigenvalue weighted by atomic mass is 35.5. The Morgan fingerprint density at radius 3 is 2.68 bits per heavy atom. The molecule has 0 radical (unpaired) electrons. The zero-order valence-electron chi connectivity index (χ0n) is 19.4. The second kappa shape index (κ2) is 10.3. The highest BCUT2D eigenvalue weighted by molar-refractivity contribution is 6.34. The molecule has 34 heavy (non-hydrogen) atoms. The molecule has 3 N–H and O–H groups in total. The maximum Gasteiger partial charge on any atom is 0.262 e. The van der Waals surface area contributed by atoms with Crippen molar-refractivity contribution in [3.05, 3.63) is 64.3 Å². The van der Waals surface area contributed by atoms with Gasteiger partial charge in [-0.15, -0.1) is 0 Å². The number of piperidine rings is 1. The van der Waals surface area contributed by atoms with Gasteiger partial charge in [0, 0.05) is 18.0 Å².